The highest BCUT2D eigenvalue weighted by molar-refractivity contribution is 6.01. The fourth-order valence-corrected chi connectivity index (χ4v) is 2.65. The van der Waals surface area contributed by atoms with Crippen LogP contribution in [0.5, 0.6) is 5.75 Å². The van der Waals surface area contributed by atoms with E-state index in [1.165, 1.54) is 0 Å². The molecule has 0 aliphatic carbocycles. The van der Waals surface area contributed by atoms with Gasteiger partial charge >= 0.3 is 0 Å². The number of imidazole rings is 1. The van der Waals surface area contributed by atoms with Crippen LogP contribution >= 0.6 is 0 Å². The molecule has 0 aliphatic rings. The van der Waals surface area contributed by atoms with E-state index >= 15 is 0 Å². The number of fused-ring (bicyclic) bond motifs is 3. The van der Waals surface area contributed by atoms with Gasteiger partial charge in [-0.1, -0.05) is 36.4 Å². The Morgan fingerprint density at radius 1 is 0.864 bits per heavy atom. The molecule has 4 rings (SSSR count). The van der Waals surface area contributed by atoms with E-state index in [4.69, 9.17) is 4.74 Å². The van der Waals surface area contributed by atoms with E-state index in [1.807, 2.05) is 61.1 Å². The molecule has 0 spiro atoms. The van der Waals surface area contributed by atoms with Gasteiger partial charge in [0.2, 0.25) is 0 Å². The summed E-state index contributed by atoms with van der Waals surface area (Å²) in [6.07, 6.45) is 3.68. The van der Waals surface area contributed by atoms with Crippen LogP contribution in [0.1, 0.15) is 0 Å². The Morgan fingerprint density at radius 2 is 1.68 bits per heavy atom. The second kappa shape index (κ2) is 5.48. The number of benzene rings is 2. The highest BCUT2D eigenvalue weighted by atomic mass is 16.5. The Bertz CT molecular complexity index is 915. The largest absolute Gasteiger partial charge is 0.492 e. The van der Waals surface area contributed by atoms with Gasteiger partial charge in [0.1, 0.15) is 17.9 Å². The predicted octanol–water partition coefficient (Wildman–Crippen LogP) is 3.66. The summed E-state index contributed by atoms with van der Waals surface area (Å²) in [4.78, 5) is 8.88. The van der Waals surface area contributed by atoms with Crippen LogP contribution in [0, 0.1) is 0 Å². The molecule has 4 aromatic rings. The van der Waals surface area contributed by atoms with Gasteiger partial charge in [-0.3, -0.25) is 4.98 Å². The molecule has 2 aromatic carbocycles. The topological polar surface area (TPSA) is 39.9 Å². The second-order valence-corrected chi connectivity index (χ2v) is 5.11. The first-order valence-corrected chi connectivity index (χ1v) is 7.28. The molecule has 2 heterocycles. The summed E-state index contributed by atoms with van der Waals surface area (Å²) in [5, 5.41) is 1.12. The van der Waals surface area contributed by atoms with Gasteiger partial charge in [0, 0.05) is 5.39 Å². The van der Waals surface area contributed by atoms with E-state index in [1.54, 1.807) is 0 Å². The molecule has 0 unspecified atom stereocenters. The van der Waals surface area contributed by atoms with Crippen LogP contribution in [-0.2, 0) is 6.54 Å². The third kappa shape index (κ3) is 2.29. The summed E-state index contributed by atoms with van der Waals surface area (Å²) < 4.78 is 7.90. The molecule has 0 saturated carbocycles. The Labute approximate surface area is 128 Å². The van der Waals surface area contributed by atoms with Crippen molar-refractivity contribution in [2.24, 2.45) is 0 Å². The fraction of sp³-hybridized carbons (Fsp3) is 0.111. The minimum Gasteiger partial charge on any atom is -0.492 e. The Hall–Kier alpha value is -2.88. The van der Waals surface area contributed by atoms with Gasteiger partial charge in [0.25, 0.3) is 0 Å². The van der Waals surface area contributed by atoms with Gasteiger partial charge in [-0.15, -0.1) is 0 Å². The lowest BCUT2D eigenvalue weighted by Crippen LogP contribution is -2.07. The van der Waals surface area contributed by atoms with E-state index in [9.17, 15) is 0 Å². The molecule has 22 heavy (non-hydrogen) atoms. The fourth-order valence-electron chi connectivity index (χ4n) is 2.65. The smallest absolute Gasteiger partial charge is 0.119 e. The maximum Gasteiger partial charge on any atom is 0.119 e. The van der Waals surface area contributed by atoms with Crippen molar-refractivity contribution in [3.8, 4) is 5.75 Å². The minimum absolute atomic E-state index is 0.603. The summed E-state index contributed by atoms with van der Waals surface area (Å²) in [7, 11) is 0. The van der Waals surface area contributed by atoms with E-state index in [-0.39, 0.29) is 0 Å². The molecule has 4 heteroatoms. The van der Waals surface area contributed by atoms with Crippen molar-refractivity contribution in [1.82, 2.24) is 14.5 Å². The van der Waals surface area contributed by atoms with Crippen LogP contribution in [0.25, 0.3) is 21.9 Å². The first-order valence-electron chi connectivity index (χ1n) is 7.28. The highest BCUT2D eigenvalue weighted by Crippen LogP contribution is 2.22. The molecule has 0 fully saturated rings. The zero-order valence-corrected chi connectivity index (χ0v) is 12.0. The van der Waals surface area contributed by atoms with Crippen molar-refractivity contribution in [2.75, 3.05) is 6.61 Å². The molecule has 0 radical (unpaired) electrons. The number of rotatable bonds is 4. The predicted molar refractivity (Wildman–Crippen MR) is 87.0 cm³/mol. The van der Waals surface area contributed by atoms with Crippen molar-refractivity contribution in [3.63, 3.8) is 0 Å². The third-order valence-electron chi connectivity index (χ3n) is 3.70. The number of ether oxygens (including phenoxy) is 1. The van der Waals surface area contributed by atoms with E-state index in [0.717, 1.165) is 34.2 Å². The lowest BCUT2D eigenvalue weighted by molar-refractivity contribution is 0.300. The van der Waals surface area contributed by atoms with Crippen molar-refractivity contribution < 1.29 is 4.74 Å². The third-order valence-corrected chi connectivity index (χ3v) is 3.70. The average Bonchev–Trinajstić information content (AvgIpc) is 3.00. The van der Waals surface area contributed by atoms with Crippen molar-refractivity contribution in [2.45, 2.75) is 6.54 Å². The molecule has 0 N–H and O–H groups in total. The summed E-state index contributed by atoms with van der Waals surface area (Å²) >= 11 is 0. The Kier molecular flexibility index (Phi) is 3.20. The van der Waals surface area contributed by atoms with Crippen LogP contribution in [0.15, 0.2) is 67.1 Å². The zero-order chi connectivity index (χ0) is 14.8. The number of hydrogen-bond acceptors (Lipinski definition) is 3. The van der Waals surface area contributed by atoms with Crippen LogP contribution in [-0.4, -0.2) is 21.1 Å². The minimum atomic E-state index is 0.603. The van der Waals surface area contributed by atoms with Gasteiger partial charge in [-0.25, -0.2) is 4.98 Å². The molecule has 4 nitrogen and oxygen atoms in total. The van der Waals surface area contributed by atoms with E-state index < -0.39 is 0 Å². The molecule has 2 aromatic heterocycles. The maximum absolute atomic E-state index is 5.78. The summed E-state index contributed by atoms with van der Waals surface area (Å²) in [5.41, 5.74) is 3.02. The van der Waals surface area contributed by atoms with Crippen molar-refractivity contribution in [1.29, 1.82) is 0 Å². The lowest BCUT2D eigenvalue weighted by Gasteiger charge is -2.08. The van der Waals surface area contributed by atoms with Gasteiger partial charge in [0.05, 0.1) is 30.1 Å². The maximum atomic E-state index is 5.78. The molecule has 0 aliphatic heterocycles. The molecule has 0 saturated heterocycles. The van der Waals surface area contributed by atoms with Crippen molar-refractivity contribution >= 4 is 21.9 Å². The Morgan fingerprint density at radius 3 is 2.59 bits per heavy atom. The molecule has 108 valence electrons. The zero-order valence-electron chi connectivity index (χ0n) is 12.0. The molecule has 0 amide bonds. The number of para-hydroxylation sites is 2. The van der Waals surface area contributed by atoms with Gasteiger partial charge in [-0.05, 0) is 18.2 Å². The first-order chi connectivity index (χ1) is 10.9. The van der Waals surface area contributed by atoms with Gasteiger partial charge in [-0.2, -0.15) is 0 Å². The Balaban J connectivity index is 1.63. The summed E-state index contributed by atoms with van der Waals surface area (Å²) in [6, 6.07) is 18.0. The van der Waals surface area contributed by atoms with E-state index in [2.05, 4.69) is 20.6 Å². The van der Waals surface area contributed by atoms with Crippen LogP contribution < -0.4 is 4.74 Å². The second-order valence-electron chi connectivity index (χ2n) is 5.11. The van der Waals surface area contributed by atoms with Crippen LogP contribution in [0.3, 0.4) is 0 Å². The quantitative estimate of drug-likeness (QED) is 0.575. The monoisotopic (exact) mass is 289 g/mol. The van der Waals surface area contributed by atoms with Gasteiger partial charge in [0.15, 0.2) is 0 Å². The van der Waals surface area contributed by atoms with Crippen LogP contribution in [0.2, 0.25) is 0 Å². The summed E-state index contributed by atoms with van der Waals surface area (Å²) in [5.74, 6) is 0.887. The van der Waals surface area contributed by atoms with Gasteiger partial charge < -0.3 is 9.30 Å². The molecule has 0 atom stereocenters. The van der Waals surface area contributed by atoms with Crippen molar-refractivity contribution in [3.05, 3.63) is 67.1 Å². The number of aromatic nitrogens is 3. The molecule has 0 bridgehead atoms. The van der Waals surface area contributed by atoms with E-state index in [0.29, 0.717) is 6.61 Å². The standard InChI is InChI=1S/C18H15N3O/c1-2-6-14(7-3-1)22-11-10-21-13-20-17-12-19-16-9-5-4-8-15(16)18(17)21/h1-9,12-13H,10-11H2. The number of hydrogen-bond donors (Lipinski definition) is 0. The number of nitrogens with zero attached hydrogens (tertiary/aromatic N) is 3. The van der Waals surface area contributed by atoms with Crippen LogP contribution in [0.4, 0.5) is 0 Å². The summed E-state index contributed by atoms with van der Waals surface area (Å²) in [6.45, 7) is 1.35. The SMILES string of the molecule is c1ccc(OCCn2cnc3cnc4ccccc4c32)cc1. The first kappa shape index (κ1) is 12.8. The molecular weight excluding hydrogens is 274 g/mol. The number of pyridine rings is 1. The highest BCUT2D eigenvalue weighted by Gasteiger charge is 2.07. The molecular formula is C18H15N3O. The average molecular weight is 289 g/mol. The normalized spacial score (nSPS) is 11.1. The lowest BCUT2D eigenvalue weighted by atomic mass is 10.2.